The fourth-order valence-electron chi connectivity index (χ4n) is 3.35. The molecule has 142 valence electrons. The molecule has 1 aliphatic rings. The van der Waals surface area contributed by atoms with E-state index in [0.29, 0.717) is 43.3 Å². The number of amides is 1. The summed E-state index contributed by atoms with van der Waals surface area (Å²) in [5, 5.41) is 7.70. The fraction of sp³-hybridized carbons (Fsp3) is 0.647. The Bertz CT molecular complexity index is 728. The van der Waals surface area contributed by atoms with Gasteiger partial charge in [-0.3, -0.25) is 9.69 Å². The van der Waals surface area contributed by atoms with Crippen LogP contribution >= 0.6 is 0 Å². The van der Waals surface area contributed by atoms with E-state index in [0.717, 1.165) is 25.8 Å². The molecule has 3 heterocycles. The van der Waals surface area contributed by atoms with Crippen molar-refractivity contribution in [1.82, 2.24) is 25.1 Å². The molecular weight excluding hydrogens is 338 g/mol. The first-order valence-electron chi connectivity index (χ1n) is 8.94. The van der Waals surface area contributed by atoms with E-state index >= 15 is 0 Å². The number of carbonyl (C=O) groups is 1. The van der Waals surface area contributed by atoms with Gasteiger partial charge in [0.25, 0.3) is 11.8 Å². The van der Waals surface area contributed by atoms with Gasteiger partial charge in [0.1, 0.15) is 0 Å². The van der Waals surface area contributed by atoms with Gasteiger partial charge in [-0.1, -0.05) is 12.1 Å². The molecular formula is C17H25N5O4. The summed E-state index contributed by atoms with van der Waals surface area (Å²) < 4.78 is 15.1. The smallest absolute Gasteiger partial charge is 0.292 e. The largest absolute Gasteiger partial charge is 0.479 e. The Balaban J connectivity index is 1.60. The number of nitrogens with zero attached hydrogens (tertiary/aromatic N) is 5. The van der Waals surface area contributed by atoms with E-state index in [-0.39, 0.29) is 11.7 Å². The first kappa shape index (κ1) is 18.4. The Morgan fingerprint density at radius 1 is 1.35 bits per heavy atom. The fourth-order valence-corrected chi connectivity index (χ4v) is 3.35. The van der Waals surface area contributed by atoms with Gasteiger partial charge in [0.2, 0.25) is 11.7 Å². The minimum Gasteiger partial charge on any atom is -0.479 e. The molecule has 0 aliphatic carbocycles. The quantitative estimate of drug-likeness (QED) is 0.767. The molecule has 26 heavy (non-hydrogen) atoms. The summed E-state index contributed by atoms with van der Waals surface area (Å²) in [4.78, 5) is 21.1. The molecule has 1 saturated heterocycles. The maximum absolute atomic E-state index is 12.6. The van der Waals surface area contributed by atoms with Crippen LogP contribution in [0.25, 0.3) is 0 Å². The second kappa shape index (κ2) is 8.31. The predicted octanol–water partition coefficient (Wildman–Crippen LogP) is 1.89. The zero-order valence-electron chi connectivity index (χ0n) is 15.5. The maximum Gasteiger partial charge on any atom is 0.292 e. The number of aromatic nitrogens is 3. The molecule has 2 aromatic heterocycles. The Kier molecular flexibility index (Phi) is 5.87. The summed E-state index contributed by atoms with van der Waals surface area (Å²) >= 11 is 0. The highest BCUT2D eigenvalue weighted by Gasteiger charge is 2.27. The van der Waals surface area contributed by atoms with Gasteiger partial charge in [0, 0.05) is 26.1 Å². The lowest BCUT2D eigenvalue weighted by atomic mass is 10.1. The summed E-state index contributed by atoms with van der Waals surface area (Å²) in [5.74, 6) is 1.67. The van der Waals surface area contributed by atoms with Crippen molar-refractivity contribution in [2.24, 2.45) is 0 Å². The van der Waals surface area contributed by atoms with Crippen molar-refractivity contribution in [2.45, 2.75) is 45.7 Å². The number of likely N-dealkylation sites (tertiary alicyclic amines) is 1. The average molecular weight is 363 g/mol. The van der Waals surface area contributed by atoms with Crippen LogP contribution in [-0.2, 0) is 6.54 Å². The maximum atomic E-state index is 12.6. The molecule has 0 radical (unpaired) electrons. The standard InChI is InChI=1S/C17H25N5O4/c1-4-21(11-15-18-12(2)25-19-15)13-6-5-8-22(9-7-13)17(23)14-10-16(24-3)20-26-14/h10,13H,4-9,11H2,1-3H3/t13-/m0/s1. The van der Waals surface area contributed by atoms with Gasteiger partial charge in [-0.05, 0) is 31.0 Å². The number of rotatable bonds is 6. The van der Waals surface area contributed by atoms with E-state index in [4.69, 9.17) is 13.8 Å². The number of aryl methyl sites for hydroxylation is 1. The van der Waals surface area contributed by atoms with Crippen LogP contribution in [0.3, 0.4) is 0 Å². The van der Waals surface area contributed by atoms with Crippen molar-refractivity contribution in [3.63, 3.8) is 0 Å². The summed E-state index contributed by atoms with van der Waals surface area (Å²) in [6, 6.07) is 1.91. The number of hydrogen-bond donors (Lipinski definition) is 0. The van der Waals surface area contributed by atoms with E-state index in [2.05, 4.69) is 27.1 Å². The third-order valence-electron chi connectivity index (χ3n) is 4.73. The van der Waals surface area contributed by atoms with Crippen molar-refractivity contribution in [2.75, 3.05) is 26.7 Å². The van der Waals surface area contributed by atoms with Gasteiger partial charge in [-0.25, -0.2) is 0 Å². The summed E-state index contributed by atoms with van der Waals surface area (Å²) in [6.07, 6.45) is 2.85. The molecule has 3 rings (SSSR count). The van der Waals surface area contributed by atoms with Crippen molar-refractivity contribution in [3.8, 4) is 5.88 Å². The Hall–Kier alpha value is -2.42. The molecule has 9 heteroatoms. The van der Waals surface area contributed by atoms with Crippen LogP contribution in [0.4, 0.5) is 0 Å². The van der Waals surface area contributed by atoms with Crippen LogP contribution in [0.5, 0.6) is 5.88 Å². The lowest BCUT2D eigenvalue weighted by Gasteiger charge is -2.28. The molecule has 0 unspecified atom stereocenters. The van der Waals surface area contributed by atoms with Crippen molar-refractivity contribution in [1.29, 1.82) is 0 Å². The molecule has 0 N–H and O–H groups in total. The highest BCUT2D eigenvalue weighted by molar-refractivity contribution is 5.91. The van der Waals surface area contributed by atoms with Crippen LogP contribution in [0.1, 0.15) is 48.5 Å². The van der Waals surface area contributed by atoms with Gasteiger partial charge in [-0.2, -0.15) is 4.98 Å². The molecule has 1 aliphatic heterocycles. The van der Waals surface area contributed by atoms with E-state index in [1.807, 2.05) is 4.90 Å². The van der Waals surface area contributed by atoms with Gasteiger partial charge in [0.05, 0.1) is 19.7 Å². The first-order chi connectivity index (χ1) is 12.6. The Labute approximate surface area is 152 Å². The van der Waals surface area contributed by atoms with Crippen LogP contribution in [0, 0.1) is 6.92 Å². The van der Waals surface area contributed by atoms with Gasteiger partial charge in [-0.15, -0.1) is 0 Å². The lowest BCUT2D eigenvalue weighted by molar-refractivity contribution is 0.0714. The minimum absolute atomic E-state index is 0.140. The number of methoxy groups -OCH3 is 1. The highest BCUT2D eigenvalue weighted by atomic mass is 16.5. The van der Waals surface area contributed by atoms with E-state index < -0.39 is 0 Å². The molecule has 9 nitrogen and oxygen atoms in total. The van der Waals surface area contributed by atoms with E-state index in [1.165, 1.54) is 13.2 Å². The number of ether oxygens (including phenoxy) is 1. The molecule has 0 spiro atoms. The normalized spacial score (nSPS) is 18.2. The van der Waals surface area contributed by atoms with Crippen molar-refractivity contribution < 1.29 is 18.6 Å². The van der Waals surface area contributed by atoms with Crippen LogP contribution in [0.2, 0.25) is 0 Å². The van der Waals surface area contributed by atoms with Crippen molar-refractivity contribution in [3.05, 3.63) is 23.5 Å². The third kappa shape index (κ3) is 4.21. The Morgan fingerprint density at radius 2 is 2.19 bits per heavy atom. The highest BCUT2D eigenvalue weighted by Crippen LogP contribution is 2.21. The second-order valence-corrected chi connectivity index (χ2v) is 6.40. The Morgan fingerprint density at radius 3 is 2.85 bits per heavy atom. The van der Waals surface area contributed by atoms with Crippen LogP contribution in [-0.4, -0.2) is 63.8 Å². The van der Waals surface area contributed by atoms with E-state index in [9.17, 15) is 4.79 Å². The summed E-state index contributed by atoms with van der Waals surface area (Å²) in [6.45, 7) is 6.85. The zero-order valence-corrected chi connectivity index (χ0v) is 15.5. The average Bonchev–Trinajstić information content (AvgIpc) is 3.22. The molecule has 0 aromatic carbocycles. The molecule has 0 saturated carbocycles. The molecule has 1 atom stereocenters. The molecule has 1 fully saturated rings. The van der Waals surface area contributed by atoms with Crippen LogP contribution in [0.15, 0.2) is 15.1 Å². The summed E-state index contributed by atoms with van der Waals surface area (Å²) in [5.41, 5.74) is 0. The number of hydrogen-bond acceptors (Lipinski definition) is 8. The zero-order chi connectivity index (χ0) is 18.5. The van der Waals surface area contributed by atoms with Crippen molar-refractivity contribution >= 4 is 5.91 Å². The van der Waals surface area contributed by atoms with Gasteiger partial charge >= 0.3 is 0 Å². The monoisotopic (exact) mass is 363 g/mol. The molecule has 1 amide bonds. The number of carbonyl (C=O) groups excluding carboxylic acids is 1. The molecule has 0 bridgehead atoms. The SMILES string of the molecule is CCN(Cc1noc(C)n1)[C@H]1CCCN(C(=O)c2cc(OC)no2)CC1. The topological polar surface area (TPSA) is 97.7 Å². The van der Waals surface area contributed by atoms with Gasteiger partial charge < -0.3 is 18.7 Å². The lowest BCUT2D eigenvalue weighted by Crippen LogP contribution is -2.37. The third-order valence-corrected chi connectivity index (χ3v) is 4.73. The predicted molar refractivity (Wildman–Crippen MR) is 91.7 cm³/mol. The minimum atomic E-state index is -0.140. The van der Waals surface area contributed by atoms with Crippen LogP contribution < -0.4 is 4.74 Å². The second-order valence-electron chi connectivity index (χ2n) is 6.40. The molecule has 2 aromatic rings. The van der Waals surface area contributed by atoms with Gasteiger partial charge in [0.15, 0.2) is 5.82 Å². The first-order valence-corrected chi connectivity index (χ1v) is 8.94. The summed E-state index contributed by atoms with van der Waals surface area (Å²) in [7, 11) is 1.49. The van der Waals surface area contributed by atoms with E-state index in [1.54, 1.807) is 6.92 Å².